The Morgan fingerprint density at radius 3 is 2.41 bits per heavy atom. The van der Waals surface area contributed by atoms with Crippen LogP contribution in [0, 0.1) is 5.41 Å². The van der Waals surface area contributed by atoms with Gasteiger partial charge in [0, 0.05) is 11.2 Å². The molecule has 17 heavy (non-hydrogen) atoms. The summed E-state index contributed by atoms with van der Waals surface area (Å²) in [6, 6.07) is 0. The molecule has 1 aliphatic carbocycles. The molecule has 2 atom stereocenters. The molecule has 0 N–H and O–H groups in total. The van der Waals surface area contributed by atoms with Gasteiger partial charge in [-0.3, -0.25) is 0 Å². The molecule has 0 aromatic rings. The Morgan fingerprint density at radius 1 is 1.12 bits per heavy atom. The molecule has 0 radical (unpaired) electrons. The highest BCUT2D eigenvalue weighted by Gasteiger charge is 2.43. The molecule has 1 heterocycles. The first kappa shape index (κ1) is 13.4. The van der Waals surface area contributed by atoms with Crippen molar-refractivity contribution >= 4 is 11.8 Å². The quantitative estimate of drug-likeness (QED) is 0.659. The lowest BCUT2D eigenvalue weighted by Gasteiger charge is -2.23. The van der Waals surface area contributed by atoms with E-state index in [9.17, 15) is 0 Å². The third-order valence-electron chi connectivity index (χ3n) is 4.03. The van der Waals surface area contributed by atoms with Crippen LogP contribution in [0.2, 0.25) is 0 Å². The maximum Gasteiger partial charge on any atom is 0.0810 e. The summed E-state index contributed by atoms with van der Waals surface area (Å²) in [7, 11) is 0. The first-order valence-electron chi connectivity index (χ1n) is 6.55. The minimum atomic E-state index is 0.177. The number of rotatable bonds is 0. The second-order valence-corrected chi connectivity index (χ2v) is 6.85. The molecule has 1 saturated carbocycles. The molecule has 0 bridgehead atoms. The Balaban J connectivity index is 2.05. The molecule has 3 heteroatoms. The van der Waals surface area contributed by atoms with E-state index in [1.165, 1.54) is 29.1 Å². The minimum absolute atomic E-state index is 0.177. The topological polar surface area (TPSA) is 18.5 Å². The average molecular weight is 256 g/mol. The molecule has 0 saturated heterocycles. The molecule has 0 aromatic heterocycles. The van der Waals surface area contributed by atoms with E-state index in [1.54, 1.807) is 0 Å². The Morgan fingerprint density at radius 2 is 1.76 bits per heavy atom. The number of allylic oxidation sites excluding steroid dienone is 1. The van der Waals surface area contributed by atoms with Crippen LogP contribution in [0.5, 0.6) is 0 Å². The standard InChI is InChI=1S/C14H24O2S/c1-10-7-15-11(2)12(3)16-8-14(5-6-14)9-17-13(10)4/h11-12H,5-9H2,1-4H3/b13-10-. The van der Waals surface area contributed by atoms with E-state index in [-0.39, 0.29) is 12.2 Å². The van der Waals surface area contributed by atoms with Crippen LogP contribution in [0.1, 0.15) is 40.5 Å². The van der Waals surface area contributed by atoms with Crippen molar-refractivity contribution in [1.29, 1.82) is 0 Å². The van der Waals surface area contributed by atoms with E-state index < -0.39 is 0 Å². The van der Waals surface area contributed by atoms with Crippen molar-refractivity contribution in [2.24, 2.45) is 5.41 Å². The Labute approximate surface area is 109 Å². The molecule has 2 aliphatic rings. The van der Waals surface area contributed by atoms with Gasteiger partial charge in [-0.15, -0.1) is 11.8 Å². The summed E-state index contributed by atoms with van der Waals surface area (Å²) in [5.41, 5.74) is 1.83. The molecule has 2 unspecified atom stereocenters. The third-order valence-corrected chi connectivity index (χ3v) is 5.57. The molecule has 1 aliphatic heterocycles. The van der Waals surface area contributed by atoms with E-state index >= 15 is 0 Å². The van der Waals surface area contributed by atoms with Gasteiger partial charge >= 0.3 is 0 Å². The maximum absolute atomic E-state index is 5.98. The van der Waals surface area contributed by atoms with Crippen LogP contribution in [0.3, 0.4) is 0 Å². The Kier molecular flexibility index (Phi) is 4.22. The lowest BCUT2D eigenvalue weighted by atomic mass is 10.1. The van der Waals surface area contributed by atoms with Crippen LogP contribution in [-0.2, 0) is 9.47 Å². The van der Waals surface area contributed by atoms with E-state index in [2.05, 4.69) is 27.7 Å². The summed E-state index contributed by atoms with van der Waals surface area (Å²) in [4.78, 5) is 1.43. The zero-order chi connectivity index (χ0) is 12.5. The summed E-state index contributed by atoms with van der Waals surface area (Å²) < 4.78 is 11.8. The second kappa shape index (κ2) is 5.33. The molecular formula is C14H24O2S. The fourth-order valence-corrected chi connectivity index (χ4v) is 3.03. The second-order valence-electron chi connectivity index (χ2n) is 5.66. The fourth-order valence-electron chi connectivity index (χ4n) is 1.83. The van der Waals surface area contributed by atoms with E-state index in [0.717, 1.165) is 13.2 Å². The lowest BCUT2D eigenvalue weighted by molar-refractivity contribution is -0.0603. The van der Waals surface area contributed by atoms with Crippen LogP contribution in [0.15, 0.2) is 10.5 Å². The van der Waals surface area contributed by atoms with Crippen molar-refractivity contribution in [3.63, 3.8) is 0 Å². The summed E-state index contributed by atoms with van der Waals surface area (Å²) in [5, 5.41) is 0. The molecule has 98 valence electrons. The van der Waals surface area contributed by atoms with Gasteiger partial charge in [-0.05, 0) is 51.0 Å². The van der Waals surface area contributed by atoms with Gasteiger partial charge in [-0.2, -0.15) is 0 Å². The van der Waals surface area contributed by atoms with Crippen LogP contribution < -0.4 is 0 Å². The fraction of sp³-hybridized carbons (Fsp3) is 0.857. The van der Waals surface area contributed by atoms with Crippen molar-refractivity contribution in [2.45, 2.75) is 52.7 Å². The molecule has 1 spiro atoms. The molecule has 2 nitrogen and oxygen atoms in total. The SMILES string of the molecule is C/C1=C(\C)SCC2(CC2)COC(C)C(C)OC1. The largest absolute Gasteiger partial charge is 0.375 e. The minimum Gasteiger partial charge on any atom is -0.375 e. The molecule has 2 rings (SSSR count). The number of hydrogen-bond acceptors (Lipinski definition) is 3. The summed E-state index contributed by atoms with van der Waals surface area (Å²) in [5.74, 6) is 1.21. The third kappa shape index (κ3) is 3.49. The van der Waals surface area contributed by atoms with E-state index in [0.29, 0.717) is 5.41 Å². The summed E-state index contributed by atoms with van der Waals surface area (Å²) in [6.07, 6.45) is 3.03. The van der Waals surface area contributed by atoms with Gasteiger partial charge in [0.1, 0.15) is 0 Å². The van der Waals surface area contributed by atoms with Crippen molar-refractivity contribution in [2.75, 3.05) is 19.0 Å². The van der Waals surface area contributed by atoms with Gasteiger partial charge in [0.25, 0.3) is 0 Å². The van der Waals surface area contributed by atoms with Gasteiger partial charge in [0.05, 0.1) is 25.4 Å². The molecule has 1 fully saturated rings. The molecule has 0 amide bonds. The summed E-state index contributed by atoms with van der Waals surface area (Å²) >= 11 is 1.98. The van der Waals surface area contributed by atoms with E-state index in [4.69, 9.17) is 9.47 Å². The van der Waals surface area contributed by atoms with Crippen molar-refractivity contribution < 1.29 is 9.47 Å². The highest BCUT2D eigenvalue weighted by molar-refractivity contribution is 8.03. The highest BCUT2D eigenvalue weighted by Crippen LogP contribution is 2.49. The zero-order valence-corrected chi connectivity index (χ0v) is 12.2. The average Bonchev–Trinajstić information content (AvgIpc) is 3.09. The lowest BCUT2D eigenvalue weighted by Crippen LogP contribution is -2.29. The van der Waals surface area contributed by atoms with Crippen molar-refractivity contribution in [3.8, 4) is 0 Å². The Bertz CT molecular complexity index is 307. The summed E-state index contributed by atoms with van der Waals surface area (Å²) in [6.45, 7) is 10.3. The monoisotopic (exact) mass is 256 g/mol. The van der Waals surface area contributed by atoms with Crippen molar-refractivity contribution in [3.05, 3.63) is 10.5 Å². The predicted molar refractivity (Wildman–Crippen MR) is 73.3 cm³/mol. The maximum atomic E-state index is 5.98. The van der Waals surface area contributed by atoms with Gasteiger partial charge < -0.3 is 9.47 Å². The first-order chi connectivity index (χ1) is 8.02. The van der Waals surface area contributed by atoms with Gasteiger partial charge in [0.2, 0.25) is 0 Å². The number of hydrogen-bond donors (Lipinski definition) is 0. The molecule has 0 aromatic carbocycles. The number of thioether (sulfide) groups is 1. The van der Waals surface area contributed by atoms with Crippen LogP contribution in [0.4, 0.5) is 0 Å². The van der Waals surface area contributed by atoms with Gasteiger partial charge in [-0.1, -0.05) is 0 Å². The predicted octanol–water partition coefficient (Wildman–Crippen LogP) is 3.62. The van der Waals surface area contributed by atoms with Crippen LogP contribution >= 0.6 is 11.8 Å². The van der Waals surface area contributed by atoms with Crippen LogP contribution in [-0.4, -0.2) is 31.2 Å². The van der Waals surface area contributed by atoms with Crippen molar-refractivity contribution in [1.82, 2.24) is 0 Å². The smallest absolute Gasteiger partial charge is 0.0810 e. The first-order valence-corrected chi connectivity index (χ1v) is 7.53. The van der Waals surface area contributed by atoms with Crippen LogP contribution in [0.25, 0.3) is 0 Å². The number of ether oxygens (including phenoxy) is 2. The zero-order valence-electron chi connectivity index (χ0n) is 11.4. The molecular weight excluding hydrogens is 232 g/mol. The van der Waals surface area contributed by atoms with Gasteiger partial charge in [0.15, 0.2) is 0 Å². The Hall–Kier alpha value is 0.01000. The normalized spacial score (nSPS) is 38.8. The van der Waals surface area contributed by atoms with E-state index in [1.807, 2.05) is 11.8 Å². The van der Waals surface area contributed by atoms with Gasteiger partial charge in [-0.25, -0.2) is 0 Å². The highest BCUT2D eigenvalue weighted by atomic mass is 32.2.